The topological polar surface area (TPSA) is 18.7 Å². The number of rotatable bonds is 0. The third-order valence-electron chi connectivity index (χ3n) is 12.6. The zero-order valence-electron chi connectivity index (χ0n) is 30.8. The number of aromatic nitrogens is 4. The summed E-state index contributed by atoms with van der Waals surface area (Å²) in [5, 5.41) is 5.57. The van der Waals surface area contributed by atoms with Gasteiger partial charge in [0.2, 0.25) is 0 Å². The van der Waals surface area contributed by atoms with Crippen molar-refractivity contribution in [2.75, 3.05) is 0 Å². The molecule has 6 aromatic heterocycles. The molecule has 53 heavy (non-hydrogen) atoms. The lowest BCUT2D eigenvalue weighted by Gasteiger charge is -2.34. The molecule has 254 valence electrons. The van der Waals surface area contributed by atoms with E-state index in [2.05, 4.69) is 151 Å². The van der Waals surface area contributed by atoms with Gasteiger partial charge in [-0.1, -0.05) is 69.3 Å². The molecule has 2 aliphatic heterocycles. The molecular formula is C46H35BN4S2. The van der Waals surface area contributed by atoms with Gasteiger partial charge in [-0.25, -0.2) is 0 Å². The fourth-order valence-electron chi connectivity index (χ4n) is 10.6. The molecular weight excluding hydrogens is 683 g/mol. The monoisotopic (exact) mass is 718 g/mol. The minimum atomic E-state index is -0.0472. The Hall–Kier alpha value is -5.24. The molecule has 0 unspecified atom stereocenters. The second-order valence-corrected chi connectivity index (χ2v) is 18.9. The number of imidazole rings is 2. The summed E-state index contributed by atoms with van der Waals surface area (Å²) in [5.74, 6) is 0. The highest BCUT2D eigenvalue weighted by Crippen LogP contribution is 2.46. The van der Waals surface area contributed by atoms with Gasteiger partial charge in [-0.15, -0.1) is 22.7 Å². The number of hydrogen-bond acceptors (Lipinski definition) is 2. The molecule has 11 aromatic rings. The molecule has 0 aliphatic carbocycles. The van der Waals surface area contributed by atoms with Crippen LogP contribution in [0, 0.1) is 27.7 Å². The van der Waals surface area contributed by atoms with Gasteiger partial charge in [-0.3, -0.25) is 17.9 Å². The van der Waals surface area contributed by atoms with Crippen molar-refractivity contribution in [2.45, 2.75) is 53.9 Å². The average Bonchev–Trinajstić information content (AvgIpc) is 3.93. The molecule has 0 spiro atoms. The van der Waals surface area contributed by atoms with Gasteiger partial charge in [-0.2, -0.15) is 0 Å². The standard InChI is InChI=1S/C46H35BN4S2/c1-22-16-24(3)40-31(18-22)50-42-38(35-27-12-8-10-14-33(27)52-44(35)50)47-37-29(48(40)42)20-26(46(5,6)7)21-30(37)49-41-25(4)17-23(2)19-32(41)51-43(49)39(47)36-28-13-9-11-15-34(28)53-45(36)51/h8-21H,1-7H3. The lowest BCUT2D eigenvalue weighted by Crippen LogP contribution is -2.59. The van der Waals surface area contributed by atoms with E-state index in [0.29, 0.717) is 0 Å². The van der Waals surface area contributed by atoms with E-state index < -0.39 is 0 Å². The quantitative estimate of drug-likeness (QED) is 0.139. The molecule has 0 saturated carbocycles. The highest BCUT2D eigenvalue weighted by Gasteiger charge is 2.47. The van der Waals surface area contributed by atoms with Crippen molar-refractivity contribution in [3.63, 3.8) is 0 Å². The summed E-state index contributed by atoms with van der Waals surface area (Å²) in [6, 6.07) is 32.9. The van der Waals surface area contributed by atoms with Gasteiger partial charge in [0, 0.05) is 42.3 Å². The van der Waals surface area contributed by atoms with E-state index in [4.69, 9.17) is 0 Å². The van der Waals surface area contributed by atoms with E-state index in [1.54, 1.807) is 0 Å². The van der Waals surface area contributed by atoms with Gasteiger partial charge in [0.15, 0.2) is 0 Å². The SMILES string of the molecule is Cc1cc(C)c2c(c1)n1c3sc4ccccc4c3c3c1n2-c1cc(C(C)(C)C)cc2c1B3c1c3c4ccccc4sc3n3c4cc(C)cc(C)c4n-2c13. The summed E-state index contributed by atoms with van der Waals surface area (Å²) < 4.78 is 13.3. The molecule has 0 amide bonds. The molecule has 7 heteroatoms. The summed E-state index contributed by atoms with van der Waals surface area (Å²) in [6.07, 6.45) is 0. The first-order chi connectivity index (χ1) is 25.6. The number of thiophene rings is 2. The summed E-state index contributed by atoms with van der Waals surface area (Å²) in [7, 11) is 0. The van der Waals surface area contributed by atoms with Crippen LogP contribution in [0.1, 0.15) is 48.6 Å². The van der Waals surface area contributed by atoms with Crippen LogP contribution in [0.25, 0.3) is 85.3 Å². The average molecular weight is 719 g/mol. The van der Waals surface area contributed by atoms with Crippen molar-refractivity contribution in [2.24, 2.45) is 0 Å². The van der Waals surface area contributed by atoms with Crippen molar-refractivity contribution in [3.8, 4) is 11.4 Å². The second kappa shape index (κ2) is 9.10. The molecule has 4 nitrogen and oxygen atoms in total. The van der Waals surface area contributed by atoms with E-state index in [1.807, 2.05) is 22.7 Å². The predicted molar refractivity (Wildman–Crippen MR) is 230 cm³/mol. The Bertz CT molecular complexity index is 3320. The van der Waals surface area contributed by atoms with Gasteiger partial charge < -0.3 is 0 Å². The van der Waals surface area contributed by atoms with Crippen LogP contribution in [0.5, 0.6) is 0 Å². The van der Waals surface area contributed by atoms with Crippen LogP contribution in [0.4, 0.5) is 0 Å². The lowest BCUT2D eigenvalue weighted by atomic mass is 9.34. The summed E-state index contributed by atoms with van der Waals surface area (Å²) in [4.78, 5) is 2.71. The van der Waals surface area contributed by atoms with E-state index in [-0.39, 0.29) is 12.1 Å². The Morgan fingerprint density at radius 3 is 1.45 bits per heavy atom. The highest BCUT2D eigenvalue weighted by molar-refractivity contribution is 7.27. The van der Waals surface area contributed by atoms with Gasteiger partial charge in [0.1, 0.15) is 21.0 Å². The van der Waals surface area contributed by atoms with Crippen molar-refractivity contribution in [1.82, 2.24) is 17.9 Å². The number of benzene rings is 5. The number of hydrogen-bond donors (Lipinski definition) is 0. The maximum Gasteiger partial charge on any atom is 0.258 e. The second-order valence-electron chi connectivity index (χ2n) is 16.9. The van der Waals surface area contributed by atoms with Crippen LogP contribution in [0.2, 0.25) is 0 Å². The molecule has 0 fully saturated rings. The van der Waals surface area contributed by atoms with Gasteiger partial charge in [0.25, 0.3) is 6.71 Å². The van der Waals surface area contributed by atoms with Crippen LogP contribution in [-0.4, -0.2) is 24.6 Å². The Labute approximate surface area is 314 Å². The summed E-state index contributed by atoms with van der Waals surface area (Å²) in [6.45, 7) is 16.3. The third kappa shape index (κ3) is 3.21. The van der Waals surface area contributed by atoms with Gasteiger partial charge >= 0.3 is 0 Å². The Balaban J connectivity index is 1.39. The molecule has 0 atom stereocenters. The Kier molecular flexibility index (Phi) is 5.02. The van der Waals surface area contributed by atoms with Gasteiger partial charge in [0.05, 0.1) is 22.1 Å². The summed E-state index contributed by atoms with van der Waals surface area (Å²) in [5.41, 5.74) is 21.5. The third-order valence-corrected chi connectivity index (χ3v) is 14.9. The molecule has 2 aliphatic rings. The number of fused-ring (bicyclic) bond motifs is 20. The largest absolute Gasteiger partial charge is 0.295 e. The first-order valence-electron chi connectivity index (χ1n) is 18.7. The molecule has 13 rings (SSSR count). The fourth-order valence-corrected chi connectivity index (χ4v) is 13.1. The minimum absolute atomic E-state index is 0.0472. The van der Waals surface area contributed by atoms with Crippen molar-refractivity contribution in [3.05, 3.63) is 113 Å². The van der Waals surface area contributed by atoms with Crippen LogP contribution in [0.15, 0.2) is 84.9 Å². The lowest BCUT2D eigenvalue weighted by molar-refractivity contribution is 0.589. The van der Waals surface area contributed by atoms with E-state index in [0.717, 1.165) is 0 Å². The van der Waals surface area contributed by atoms with Crippen LogP contribution >= 0.6 is 22.7 Å². The van der Waals surface area contributed by atoms with E-state index >= 15 is 0 Å². The first kappa shape index (κ1) is 29.2. The van der Waals surface area contributed by atoms with E-state index in [9.17, 15) is 0 Å². The molecule has 0 saturated heterocycles. The minimum Gasteiger partial charge on any atom is -0.295 e. The summed E-state index contributed by atoms with van der Waals surface area (Å²) >= 11 is 3.91. The Morgan fingerprint density at radius 2 is 1.00 bits per heavy atom. The molecule has 5 aromatic carbocycles. The van der Waals surface area contributed by atoms with Crippen molar-refractivity contribution in [1.29, 1.82) is 0 Å². The number of aryl methyl sites for hydroxylation is 4. The van der Waals surface area contributed by atoms with Crippen molar-refractivity contribution >= 4 is 120 Å². The normalized spacial score (nSPS) is 13.9. The Morgan fingerprint density at radius 1 is 0.547 bits per heavy atom. The van der Waals surface area contributed by atoms with Crippen LogP contribution < -0.4 is 16.4 Å². The molecule has 8 heterocycles. The smallest absolute Gasteiger partial charge is 0.258 e. The molecule has 0 radical (unpaired) electrons. The predicted octanol–water partition coefficient (Wildman–Crippen LogP) is 10.5. The maximum atomic E-state index is 2.68. The molecule has 0 N–H and O–H groups in total. The van der Waals surface area contributed by atoms with Crippen LogP contribution in [0.3, 0.4) is 0 Å². The van der Waals surface area contributed by atoms with Gasteiger partial charge in [-0.05, 0) is 114 Å². The fraction of sp³-hybridized carbons (Fsp3) is 0.174. The zero-order chi connectivity index (χ0) is 35.6. The van der Waals surface area contributed by atoms with Crippen LogP contribution in [-0.2, 0) is 5.41 Å². The highest BCUT2D eigenvalue weighted by atomic mass is 32.1. The zero-order valence-corrected chi connectivity index (χ0v) is 32.4. The van der Waals surface area contributed by atoms with E-state index in [1.165, 1.54) is 130 Å². The number of nitrogens with zero attached hydrogens (tertiary/aromatic N) is 4. The van der Waals surface area contributed by atoms with Crippen molar-refractivity contribution < 1.29 is 0 Å². The first-order valence-corrected chi connectivity index (χ1v) is 20.4. The maximum absolute atomic E-state index is 2.68. The molecule has 0 bridgehead atoms.